The van der Waals surface area contributed by atoms with Gasteiger partial charge in [0.05, 0.1) is 32.7 Å². The zero-order chi connectivity index (χ0) is 32.8. The molecular weight excluding hydrogens is 594 g/mol. The summed E-state index contributed by atoms with van der Waals surface area (Å²) in [5, 5.41) is 18.4. The van der Waals surface area contributed by atoms with Gasteiger partial charge in [-0.15, -0.1) is 0 Å². The predicted octanol–water partition coefficient (Wildman–Crippen LogP) is 4.38. The molecule has 0 aliphatic carbocycles. The van der Waals surface area contributed by atoms with Crippen LogP contribution < -0.4 is 34.9 Å². The molecule has 3 atom stereocenters. The molecule has 0 aromatic heterocycles. The number of nitrogens with one attached hydrogen (secondary N) is 3. The van der Waals surface area contributed by atoms with E-state index >= 15 is 0 Å². The van der Waals surface area contributed by atoms with E-state index in [9.17, 15) is 19.5 Å². The van der Waals surface area contributed by atoms with Crippen LogP contribution in [0.2, 0.25) is 0 Å². The van der Waals surface area contributed by atoms with Gasteiger partial charge >= 0.3 is 12.1 Å². The van der Waals surface area contributed by atoms with Crippen molar-refractivity contribution in [1.82, 2.24) is 9.80 Å². The number of hydrogen-bond acceptors (Lipinski definition) is 8. The molecule has 3 aromatic carbocycles. The summed E-state index contributed by atoms with van der Waals surface area (Å²) in [4.78, 5) is 42.6. The van der Waals surface area contributed by atoms with Crippen LogP contribution in [-0.4, -0.2) is 85.7 Å². The van der Waals surface area contributed by atoms with Crippen molar-refractivity contribution in [2.45, 2.75) is 32.4 Å². The van der Waals surface area contributed by atoms with Gasteiger partial charge in [0, 0.05) is 48.2 Å². The summed E-state index contributed by atoms with van der Waals surface area (Å²) in [7, 11) is 3.23. The number of aliphatic hydroxyl groups is 1. The summed E-state index contributed by atoms with van der Waals surface area (Å²) < 4.78 is 22.4. The number of nitrogens with zero attached hydrogens (tertiary/aromatic N) is 2. The molecule has 2 aliphatic rings. The van der Waals surface area contributed by atoms with E-state index in [4.69, 9.17) is 18.9 Å². The average Bonchev–Trinajstić information content (AvgIpc) is 3.53. The highest BCUT2D eigenvalue weighted by atomic mass is 16.7. The van der Waals surface area contributed by atoms with Gasteiger partial charge in [0.15, 0.2) is 11.5 Å². The van der Waals surface area contributed by atoms with Gasteiger partial charge in [-0.1, -0.05) is 6.92 Å². The lowest BCUT2D eigenvalue weighted by Crippen LogP contribution is -2.48. The zero-order valence-electron chi connectivity index (χ0n) is 26.2. The van der Waals surface area contributed by atoms with Gasteiger partial charge in [-0.2, -0.15) is 0 Å². The molecular formula is C33H39N5O8. The van der Waals surface area contributed by atoms with Crippen LogP contribution in [0.1, 0.15) is 19.4 Å². The van der Waals surface area contributed by atoms with E-state index in [0.29, 0.717) is 52.2 Å². The highest BCUT2D eigenvalue weighted by Crippen LogP contribution is 2.34. The molecule has 13 nitrogen and oxygen atoms in total. The number of ether oxygens (including phenoxy) is 4. The van der Waals surface area contributed by atoms with Crippen LogP contribution in [0.15, 0.2) is 60.7 Å². The lowest BCUT2D eigenvalue weighted by atomic mass is 10.0. The Morgan fingerprint density at radius 1 is 0.978 bits per heavy atom. The topological polar surface area (TPSA) is 151 Å². The third-order valence-corrected chi connectivity index (χ3v) is 7.95. The van der Waals surface area contributed by atoms with Gasteiger partial charge in [-0.3, -0.25) is 4.79 Å². The number of amides is 5. The number of carbonyl (C=O) groups is 3. The van der Waals surface area contributed by atoms with Gasteiger partial charge in [0.1, 0.15) is 17.6 Å². The Bertz CT molecular complexity index is 1570. The normalized spacial score (nSPS) is 17.8. The Kier molecular flexibility index (Phi) is 10.0. The molecule has 3 aromatic rings. The first-order valence-corrected chi connectivity index (χ1v) is 15.0. The molecule has 5 amide bonds. The Labute approximate surface area is 267 Å². The standard InChI is InChI=1S/C33H39N5O8/c1-20-16-38(21(2)18-39)31(40)14-22-13-24(35-32(41)34-23-5-9-26(43-4)10-6-23)7-11-27(22)46-30(20)17-37(3)33(42)36-25-8-12-28-29(15-25)45-19-44-28/h5-13,15,20-21,30,39H,14,16-19H2,1-4H3,(H,36,42)(H2,34,35,41)/t20-,21+,30-/m1/s1. The Hall–Kier alpha value is -5.17. The van der Waals surface area contributed by atoms with Crippen LogP contribution in [-0.2, 0) is 11.2 Å². The van der Waals surface area contributed by atoms with Crippen molar-refractivity contribution in [2.75, 3.05) is 56.6 Å². The molecule has 0 radical (unpaired) electrons. The summed E-state index contributed by atoms with van der Waals surface area (Å²) >= 11 is 0. The Morgan fingerprint density at radius 3 is 2.35 bits per heavy atom. The van der Waals surface area contributed by atoms with Crippen molar-refractivity contribution in [1.29, 1.82) is 0 Å². The Morgan fingerprint density at radius 2 is 1.63 bits per heavy atom. The van der Waals surface area contributed by atoms with Crippen LogP contribution in [0.5, 0.6) is 23.0 Å². The van der Waals surface area contributed by atoms with Gasteiger partial charge in [-0.25, -0.2) is 9.59 Å². The molecule has 13 heteroatoms. The number of hydrogen-bond donors (Lipinski definition) is 4. The van der Waals surface area contributed by atoms with Crippen LogP contribution in [0.4, 0.5) is 26.7 Å². The SMILES string of the molecule is COc1ccc(NC(=O)Nc2ccc3c(c2)CC(=O)N([C@@H](C)CO)C[C@@H](C)[C@@H](CN(C)C(=O)Nc2ccc4c(c2)OCO4)O3)cc1. The smallest absolute Gasteiger partial charge is 0.323 e. The first-order valence-electron chi connectivity index (χ1n) is 15.0. The molecule has 2 aliphatic heterocycles. The van der Waals surface area contributed by atoms with E-state index in [1.165, 1.54) is 4.90 Å². The first kappa shape index (κ1) is 32.2. The maximum Gasteiger partial charge on any atom is 0.323 e. The predicted molar refractivity (Wildman–Crippen MR) is 172 cm³/mol. The van der Waals surface area contributed by atoms with E-state index < -0.39 is 18.2 Å². The number of benzene rings is 3. The van der Waals surface area contributed by atoms with Crippen molar-refractivity contribution in [3.05, 3.63) is 66.2 Å². The number of rotatable bonds is 8. The van der Waals surface area contributed by atoms with Crippen LogP contribution >= 0.6 is 0 Å². The van der Waals surface area contributed by atoms with Gasteiger partial charge < -0.3 is 49.8 Å². The molecule has 0 spiro atoms. The second kappa shape index (κ2) is 14.3. The Balaban J connectivity index is 1.33. The molecule has 46 heavy (non-hydrogen) atoms. The van der Waals surface area contributed by atoms with Crippen molar-refractivity contribution >= 4 is 35.0 Å². The van der Waals surface area contributed by atoms with E-state index in [1.54, 1.807) is 86.6 Å². The largest absolute Gasteiger partial charge is 0.497 e. The minimum Gasteiger partial charge on any atom is -0.497 e. The maximum absolute atomic E-state index is 13.5. The monoisotopic (exact) mass is 633 g/mol. The minimum atomic E-state index is -0.511. The number of aliphatic hydroxyl groups excluding tert-OH is 1. The summed E-state index contributed by atoms with van der Waals surface area (Å²) in [5.74, 6) is 1.91. The highest BCUT2D eigenvalue weighted by molar-refractivity contribution is 6.00. The third-order valence-electron chi connectivity index (χ3n) is 7.95. The molecule has 0 unspecified atom stereocenters. The first-order chi connectivity index (χ1) is 22.1. The molecule has 0 saturated carbocycles. The minimum absolute atomic E-state index is 0.00479. The molecule has 2 heterocycles. The van der Waals surface area contributed by atoms with Crippen LogP contribution in [0.3, 0.4) is 0 Å². The van der Waals surface area contributed by atoms with E-state index in [2.05, 4.69) is 16.0 Å². The number of urea groups is 2. The van der Waals surface area contributed by atoms with E-state index in [-0.39, 0.29) is 44.2 Å². The van der Waals surface area contributed by atoms with Crippen molar-refractivity contribution in [2.24, 2.45) is 5.92 Å². The maximum atomic E-state index is 13.5. The van der Waals surface area contributed by atoms with Crippen molar-refractivity contribution in [3.8, 4) is 23.0 Å². The molecule has 5 rings (SSSR count). The van der Waals surface area contributed by atoms with Crippen molar-refractivity contribution < 1.29 is 38.4 Å². The fraction of sp³-hybridized carbons (Fsp3) is 0.364. The fourth-order valence-electron chi connectivity index (χ4n) is 5.24. The number of anilines is 3. The van der Waals surface area contributed by atoms with Crippen LogP contribution in [0.25, 0.3) is 0 Å². The number of likely N-dealkylation sites (N-methyl/N-ethyl adjacent to an activating group) is 1. The molecule has 244 valence electrons. The average molecular weight is 634 g/mol. The van der Waals surface area contributed by atoms with Crippen LogP contribution in [0, 0.1) is 5.92 Å². The van der Waals surface area contributed by atoms with Gasteiger partial charge in [-0.05, 0) is 61.5 Å². The van der Waals surface area contributed by atoms with Gasteiger partial charge in [0.25, 0.3) is 0 Å². The molecule has 0 saturated heterocycles. The fourth-order valence-corrected chi connectivity index (χ4v) is 5.24. The molecule has 4 N–H and O–H groups in total. The lowest BCUT2D eigenvalue weighted by molar-refractivity contribution is -0.134. The molecule has 0 fully saturated rings. The molecule has 0 bridgehead atoms. The number of methoxy groups -OCH3 is 1. The highest BCUT2D eigenvalue weighted by Gasteiger charge is 2.32. The summed E-state index contributed by atoms with van der Waals surface area (Å²) in [6.45, 7) is 4.17. The third kappa shape index (κ3) is 7.72. The lowest BCUT2D eigenvalue weighted by Gasteiger charge is -2.34. The number of fused-ring (bicyclic) bond motifs is 2. The second-order valence-corrected chi connectivity index (χ2v) is 11.4. The second-order valence-electron chi connectivity index (χ2n) is 11.4. The van der Waals surface area contributed by atoms with E-state index in [0.717, 1.165) is 0 Å². The van der Waals surface area contributed by atoms with Gasteiger partial charge in [0.2, 0.25) is 12.7 Å². The summed E-state index contributed by atoms with van der Waals surface area (Å²) in [6.07, 6.45) is -0.516. The summed E-state index contributed by atoms with van der Waals surface area (Å²) in [6, 6.07) is 16.0. The zero-order valence-corrected chi connectivity index (χ0v) is 26.2. The summed E-state index contributed by atoms with van der Waals surface area (Å²) in [5.41, 5.74) is 2.16. The number of carbonyl (C=O) groups excluding carboxylic acids is 3. The van der Waals surface area contributed by atoms with E-state index in [1.807, 2.05) is 6.92 Å². The van der Waals surface area contributed by atoms with Crippen molar-refractivity contribution in [3.63, 3.8) is 0 Å². The quantitative estimate of drug-likeness (QED) is 0.285.